The highest BCUT2D eigenvalue weighted by Crippen LogP contribution is 2.24. The monoisotopic (exact) mass is 322 g/mol. The summed E-state index contributed by atoms with van der Waals surface area (Å²) in [6.07, 6.45) is 1.77. The molecule has 0 aliphatic carbocycles. The third-order valence-electron chi connectivity index (χ3n) is 3.59. The van der Waals surface area contributed by atoms with E-state index in [1.807, 2.05) is 48.5 Å². The molecule has 0 fully saturated rings. The van der Waals surface area contributed by atoms with Gasteiger partial charge in [0.15, 0.2) is 5.58 Å². The van der Waals surface area contributed by atoms with Crippen LogP contribution >= 0.6 is 0 Å². The van der Waals surface area contributed by atoms with Crippen LogP contribution in [0.4, 0.5) is 0 Å². The van der Waals surface area contributed by atoms with Crippen molar-refractivity contribution in [3.8, 4) is 5.75 Å². The van der Waals surface area contributed by atoms with Crippen molar-refractivity contribution in [1.29, 1.82) is 0 Å². The maximum atomic E-state index is 12.6. The van der Waals surface area contributed by atoms with E-state index >= 15 is 0 Å². The number of methoxy groups -OCH3 is 1. The zero-order valence-electron chi connectivity index (χ0n) is 13.8. The van der Waals surface area contributed by atoms with Gasteiger partial charge in [-0.05, 0) is 35.9 Å². The van der Waals surface area contributed by atoms with Crippen LogP contribution in [0, 0.1) is 0 Å². The number of carbonyl (C=O) groups excluding carboxylic acids is 1. The second kappa shape index (κ2) is 6.58. The molecule has 0 bridgehead atoms. The van der Waals surface area contributed by atoms with Crippen LogP contribution in [0.25, 0.3) is 22.7 Å². The molecule has 24 heavy (non-hydrogen) atoms. The topological polar surface area (TPSA) is 55.6 Å². The summed E-state index contributed by atoms with van der Waals surface area (Å²) >= 11 is 0. The molecule has 5 heteroatoms. The molecule has 0 saturated heterocycles. The number of hydrogen-bond donors (Lipinski definition) is 0. The predicted molar refractivity (Wildman–Crippen MR) is 93.6 cm³/mol. The standard InChI is InChI=1S/C19H18N2O3/c1-21(2)19(22)15(12-13-8-10-14(23-3)11-9-13)18-20-16-6-4-5-7-17(16)24-18/h4-12H,1-3H3/b15-12-. The van der Waals surface area contributed by atoms with Crippen molar-refractivity contribution < 1.29 is 13.9 Å². The van der Waals surface area contributed by atoms with Crippen molar-refractivity contribution in [3.63, 3.8) is 0 Å². The van der Waals surface area contributed by atoms with Crippen LogP contribution in [0.1, 0.15) is 11.5 Å². The van der Waals surface area contributed by atoms with E-state index in [1.54, 1.807) is 27.3 Å². The fourth-order valence-corrected chi connectivity index (χ4v) is 2.31. The Morgan fingerprint density at radius 1 is 1.12 bits per heavy atom. The molecule has 0 unspecified atom stereocenters. The molecular weight excluding hydrogens is 304 g/mol. The van der Waals surface area contributed by atoms with Gasteiger partial charge in [-0.2, -0.15) is 0 Å². The third kappa shape index (κ3) is 3.15. The summed E-state index contributed by atoms with van der Waals surface area (Å²) in [5.41, 5.74) is 2.64. The second-order valence-corrected chi connectivity index (χ2v) is 5.52. The SMILES string of the molecule is COc1ccc(/C=C(\C(=O)N(C)C)c2nc3ccccc3o2)cc1. The number of benzene rings is 2. The normalized spacial score (nSPS) is 11.5. The van der Waals surface area contributed by atoms with Gasteiger partial charge in [-0.15, -0.1) is 0 Å². The van der Waals surface area contributed by atoms with Crippen LogP contribution in [0.3, 0.4) is 0 Å². The molecule has 0 aliphatic rings. The molecule has 1 aromatic heterocycles. The van der Waals surface area contributed by atoms with Gasteiger partial charge in [0.2, 0.25) is 5.89 Å². The Labute approximate surface area is 140 Å². The molecule has 1 amide bonds. The molecule has 0 saturated carbocycles. The molecule has 122 valence electrons. The molecule has 0 N–H and O–H groups in total. The van der Waals surface area contributed by atoms with Crippen LogP contribution in [0.5, 0.6) is 5.75 Å². The first-order valence-electron chi connectivity index (χ1n) is 7.52. The lowest BCUT2D eigenvalue weighted by molar-refractivity contribution is -0.122. The Morgan fingerprint density at radius 2 is 1.83 bits per heavy atom. The summed E-state index contributed by atoms with van der Waals surface area (Å²) in [6, 6.07) is 14.9. The third-order valence-corrected chi connectivity index (χ3v) is 3.59. The minimum atomic E-state index is -0.169. The summed E-state index contributed by atoms with van der Waals surface area (Å²) < 4.78 is 10.9. The molecule has 5 nitrogen and oxygen atoms in total. The Hall–Kier alpha value is -3.08. The number of carbonyl (C=O) groups is 1. The average Bonchev–Trinajstić information content (AvgIpc) is 3.03. The van der Waals surface area contributed by atoms with Gasteiger partial charge in [0.25, 0.3) is 5.91 Å². The number of hydrogen-bond acceptors (Lipinski definition) is 4. The molecule has 0 radical (unpaired) electrons. The first-order valence-corrected chi connectivity index (χ1v) is 7.52. The van der Waals surface area contributed by atoms with Crippen molar-refractivity contribution >= 4 is 28.7 Å². The summed E-state index contributed by atoms with van der Waals surface area (Å²) in [5, 5.41) is 0. The Morgan fingerprint density at radius 3 is 2.46 bits per heavy atom. The molecule has 3 aromatic rings. The lowest BCUT2D eigenvalue weighted by atomic mass is 10.1. The fourth-order valence-electron chi connectivity index (χ4n) is 2.31. The Kier molecular flexibility index (Phi) is 4.33. The Bertz CT molecular complexity index is 859. The van der Waals surface area contributed by atoms with Crippen molar-refractivity contribution in [2.45, 2.75) is 0 Å². The van der Waals surface area contributed by atoms with E-state index in [9.17, 15) is 4.79 Å². The maximum Gasteiger partial charge on any atom is 0.258 e. The van der Waals surface area contributed by atoms with E-state index in [0.29, 0.717) is 17.0 Å². The van der Waals surface area contributed by atoms with Crippen molar-refractivity contribution in [3.05, 3.63) is 60.0 Å². The highest BCUT2D eigenvalue weighted by Gasteiger charge is 2.20. The zero-order chi connectivity index (χ0) is 17.1. The van der Waals surface area contributed by atoms with E-state index in [2.05, 4.69) is 4.98 Å². The van der Waals surface area contributed by atoms with Gasteiger partial charge < -0.3 is 14.1 Å². The lowest BCUT2D eigenvalue weighted by Crippen LogP contribution is -2.22. The summed E-state index contributed by atoms with van der Waals surface area (Å²) in [7, 11) is 5.02. The van der Waals surface area contributed by atoms with Crippen LogP contribution in [0.2, 0.25) is 0 Å². The van der Waals surface area contributed by atoms with Gasteiger partial charge in [-0.1, -0.05) is 24.3 Å². The van der Waals surface area contributed by atoms with Crippen LogP contribution in [-0.4, -0.2) is 37.0 Å². The second-order valence-electron chi connectivity index (χ2n) is 5.52. The summed E-state index contributed by atoms with van der Waals surface area (Å²) in [4.78, 5) is 18.5. The van der Waals surface area contributed by atoms with Crippen molar-refractivity contribution in [2.75, 3.05) is 21.2 Å². The highest BCUT2D eigenvalue weighted by atomic mass is 16.5. The number of oxazole rings is 1. The summed E-state index contributed by atoms with van der Waals surface area (Å²) in [6.45, 7) is 0. The molecular formula is C19H18N2O3. The minimum absolute atomic E-state index is 0.169. The number of para-hydroxylation sites is 2. The first-order chi connectivity index (χ1) is 11.6. The Balaban J connectivity index is 2.08. The van der Waals surface area contributed by atoms with Crippen LogP contribution in [-0.2, 0) is 4.79 Å². The molecule has 0 aliphatic heterocycles. The molecule has 1 heterocycles. The van der Waals surface area contributed by atoms with Gasteiger partial charge in [0.1, 0.15) is 16.8 Å². The highest BCUT2D eigenvalue weighted by molar-refractivity contribution is 6.23. The number of ether oxygens (including phenoxy) is 1. The maximum absolute atomic E-state index is 12.6. The lowest BCUT2D eigenvalue weighted by Gasteiger charge is -2.11. The van der Waals surface area contributed by atoms with Gasteiger partial charge in [-0.3, -0.25) is 4.79 Å². The quantitative estimate of drug-likeness (QED) is 0.690. The number of aromatic nitrogens is 1. The van der Waals surface area contributed by atoms with E-state index in [-0.39, 0.29) is 5.91 Å². The van der Waals surface area contributed by atoms with E-state index in [0.717, 1.165) is 16.8 Å². The summed E-state index contributed by atoms with van der Waals surface area (Å²) in [5.74, 6) is 0.901. The minimum Gasteiger partial charge on any atom is -0.497 e. The van der Waals surface area contributed by atoms with Gasteiger partial charge in [-0.25, -0.2) is 4.98 Å². The molecule has 0 atom stereocenters. The fraction of sp³-hybridized carbons (Fsp3) is 0.158. The predicted octanol–water partition coefficient (Wildman–Crippen LogP) is 3.47. The van der Waals surface area contributed by atoms with E-state index < -0.39 is 0 Å². The average molecular weight is 322 g/mol. The number of fused-ring (bicyclic) bond motifs is 1. The van der Waals surface area contributed by atoms with Crippen LogP contribution in [0.15, 0.2) is 52.9 Å². The first kappa shape index (κ1) is 15.8. The van der Waals surface area contributed by atoms with Gasteiger partial charge in [0, 0.05) is 14.1 Å². The number of amides is 1. The van der Waals surface area contributed by atoms with E-state index in [4.69, 9.17) is 9.15 Å². The smallest absolute Gasteiger partial charge is 0.258 e. The zero-order valence-corrected chi connectivity index (χ0v) is 13.8. The van der Waals surface area contributed by atoms with Crippen LogP contribution < -0.4 is 4.74 Å². The molecule has 2 aromatic carbocycles. The number of nitrogens with zero attached hydrogens (tertiary/aromatic N) is 2. The number of rotatable bonds is 4. The van der Waals surface area contributed by atoms with Crippen molar-refractivity contribution in [1.82, 2.24) is 9.88 Å². The molecule has 0 spiro atoms. The number of likely N-dealkylation sites (N-methyl/N-ethyl adjacent to an activating group) is 1. The molecule has 3 rings (SSSR count). The largest absolute Gasteiger partial charge is 0.497 e. The van der Waals surface area contributed by atoms with E-state index in [1.165, 1.54) is 4.90 Å². The van der Waals surface area contributed by atoms with Gasteiger partial charge >= 0.3 is 0 Å². The van der Waals surface area contributed by atoms with Gasteiger partial charge in [0.05, 0.1) is 7.11 Å². The van der Waals surface area contributed by atoms with Crippen molar-refractivity contribution in [2.24, 2.45) is 0 Å².